The van der Waals surface area contributed by atoms with Crippen molar-refractivity contribution in [2.45, 2.75) is 59.7 Å². The average molecular weight is 489 g/mol. The molecule has 0 radical (unpaired) electrons. The van der Waals surface area contributed by atoms with Gasteiger partial charge in [0.2, 0.25) is 0 Å². The first-order valence-electron chi connectivity index (χ1n) is 11.9. The minimum absolute atomic E-state index is 0.00674. The van der Waals surface area contributed by atoms with Crippen LogP contribution in [0.5, 0.6) is 5.75 Å². The maximum atomic E-state index is 12.2. The second kappa shape index (κ2) is 10.0. The van der Waals surface area contributed by atoms with Crippen molar-refractivity contribution in [1.29, 1.82) is 0 Å². The predicted molar refractivity (Wildman–Crippen MR) is 139 cm³/mol. The molecule has 0 unspecified atom stereocenters. The van der Waals surface area contributed by atoms with E-state index in [0.29, 0.717) is 40.8 Å². The SMILES string of the molecule is COc1cc(CNC(C)(C)C)ccc1-c1nnc(-c2nc(-c3ccc(=O)n(C(C)C)c3)cnc2C)o1. The van der Waals surface area contributed by atoms with Crippen molar-refractivity contribution in [2.24, 2.45) is 0 Å². The summed E-state index contributed by atoms with van der Waals surface area (Å²) in [5.41, 5.74) is 4.25. The lowest BCUT2D eigenvalue weighted by Crippen LogP contribution is -2.35. The summed E-state index contributed by atoms with van der Waals surface area (Å²) < 4.78 is 13.3. The van der Waals surface area contributed by atoms with E-state index in [-0.39, 0.29) is 23.0 Å². The number of hydrogen-bond donors (Lipinski definition) is 1. The Morgan fingerprint density at radius 3 is 2.56 bits per heavy atom. The van der Waals surface area contributed by atoms with Crippen LogP contribution in [0.3, 0.4) is 0 Å². The number of ether oxygens (including phenoxy) is 1. The van der Waals surface area contributed by atoms with Crippen molar-refractivity contribution < 1.29 is 9.15 Å². The third-order valence-corrected chi connectivity index (χ3v) is 5.69. The van der Waals surface area contributed by atoms with Crippen LogP contribution in [0.4, 0.5) is 0 Å². The molecule has 4 rings (SSSR count). The molecule has 0 aliphatic carbocycles. The van der Waals surface area contributed by atoms with Crippen molar-refractivity contribution in [3.63, 3.8) is 0 Å². The van der Waals surface area contributed by atoms with Crippen LogP contribution in [0.2, 0.25) is 0 Å². The summed E-state index contributed by atoms with van der Waals surface area (Å²) in [7, 11) is 1.62. The maximum absolute atomic E-state index is 12.2. The van der Waals surface area contributed by atoms with E-state index in [0.717, 1.165) is 11.1 Å². The summed E-state index contributed by atoms with van der Waals surface area (Å²) in [5.74, 6) is 1.23. The Morgan fingerprint density at radius 1 is 1.11 bits per heavy atom. The molecule has 0 fully saturated rings. The van der Waals surface area contributed by atoms with Gasteiger partial charge in [-0.3, -0.25) is 9.78 Å². The molecule has 0 saturated heterocycles. The van der Waals surface area contributed by atoms with Crippen molar-refractivity contribution in [2.75, 3.05) is 7.11 Å². The Labute approximate surface area is 210 Å². The molecule has 0 aliphatic rings. The molecule has 1 N–H and O–H groups in total. The van der Waals surface area contributed by atoms with Crippen LogP contribution in [0.25, 0.3) is 34.3 Å². The molecule has 0 amide bonds. The number of benzene rings is 1. The fraction of sp³-hybridized carbons (Fsp3) is 0.370. The Hall–Kier alpha value is -3.85. The Bertz CT molecular complexity index is 1430. The zero-order valence-electron chi connectivity index (χ0n) is 21.8. The topological polar surface area (TPSA) is 108 Å². The highest BCUT2D eigenvalue weighted by Crippen LogP contribution is 2.32. The zero-order chi connectivity index (χ0) is 26.0. The largest absolute Gasteiger partial charge is 0.496 e. The van der Waals surface area contributed by atoms with E-state index >= 15 is 0 Å². The van der Waals surface area contributed by atoms with E-state index in [1.165, 1.54) is 6.07 Å². The molecule has 0 bridgehead atoms. The van der Waals surface area contributed by atoms with Crippen molar-refractivity contribution >= 4 is 0 Å². The fourth-order valence-electron chi connectivity index (χ4n) is 3.67. The molecule has 3 heterocycles. The van der Waals surface area contributed by atoms with Gasteiger partial charge in [-0.25, -0.2) is 4.98 Å². The van der Waals surface area contributed by atoms with Crippen LogP contribution in [0, 0.1) is 6.92 Å². The third kappa shape index (κ3) is 5.52. The average Bonchev–Trinajstić information content (AvgIpc) is 3.32. The quantitative estimate of drug-likeness (QED) is 0.395. The molecule has 0 saturated carbocycles. The van der Waals surface area contributed by atoms with E-state index in [1.807, 2.05) is 39.0 Å². The first-order valence-corrected chi connectivity index (χ1v) is 11.9. The fourth-order valence-corrected chi connectivity index (χ4v) is 3.67. The summed E-state index contributed by atoms with van der Waals surface area (Å²) in [6.45, 7) is 12.8. The Kier molecular flexibility index (Phi) is 7.03. The number of pyridine rings is 1. The van der Waals surface area contributed by atoms with Gasteiger partial charge in [0, 0.05) is 36.0 Å². The molecule has 9 nitrogen and oxygen atoms in total. The van der Waals surface area contributed by atoms with Gasteiger partial charge in [0.25, 0.3) is 17.3 Å². The highest BCUT2D eigenvalue weighted by Gasteiger charge is 2.19. The molecule has 0 atom stereocenters. The van der Waals surface area contributed by atoms with Gasteiger partial charge in [-0.05, 0) is 65.3 Å². The molecule has 3 aromatic heterocycles. The lowest BCUT2D eigenvalue weighted by atomic mass is 10.1. The third-order valence-electron chi connectivity index (χ3n) is 5.69. The molecule has 9 heteroatoms. The number of methoxy groups -OCH3 is 1. The van der Waals surface area contributed by atoms with Crippen molar-refractivity contribution in [3.8, 4) is 40.0 Å². The van der Waals surface area contributed by atoms with Gasteiger partial charge >= 0.3 is 0 Å². The van der Waals surface area contributed by atoms with E-state index in [1.54, 1.807) is 30.1 Å². The van der Waals surface area contributed by atoms with Gasteiger partial charge < -0.3 is 19.0 Å². The van der Waals surface area contributed by atoms with Crippen LogP contribution in [-0.4, -0.2) is 37.4 Å². The summed E-state index contributed by atoms with van der Waals surface area (Å²) in [6.07, 6.45) is 3.46. The molecule has 0 aliphatic heterocycles. The van der Waals surface area contributed by atoms with Crippen LogP contribution in [-0.2, 0) is 6.54 Å². The molecule has 1 aromatic carbocycles. The Balaban J connectivity index is 1.66. The van der Waals surface area contributed by atoms with Crippen LogP contribution in [0.1, 0.15) is 51.9 Å². The maximum Gasteiger partial charge on any atom is 0.268 e. The standard InChI is InChI=1S/C27H32N6O3/c1-16(2)33-15-19(9-11-23(33)34)21-14-28-17(3)24(30-21)26-32-31-25(36-26)20-10-8-18(12-22(20)35-7)13-29-27(4,5)6/h8-12,14-16,29H,13H2,1-7H3. The first kappa shape index (κ1) is 25.2. The van der Waals surface area contributed by atoms with Gasteiger partial charge in [-0.15, -0.1) is 10.2 Å². The zero-order valence-corrected chi connectivity index (χ0v) is 21.8. The highest BCUT2D eigenvalue weighted by atomic mass is 16.5. The van der Waals surface area contributed by atoms with Gasteiger partial charge in [0.05, 0.1) is 30.3 Å². The summed E-state index contributed by atoms with van der Waals surface area (Å²) in [6, 6.07) is 9.20. The number of aromatic nitrogens is 5. The Morgan fingerprint density at radius 2 is 1.86 bits per heavy atom. The summed E-state index contributed by atoms with van der Waals surface area (Å²) >= 11 is 0. The molecular weight excluding hydrogens is 456 g/mol. The second-order valence-electron chi connectivity index (χ2n) is 10.00. The molecule has 4 aromatic rings. The van der Waals surface area contributed by atoms with Gasteiger partial charge in [0.15, 0.2) is 0 Å². The lowest BCUT2D eigenvalue weighted by molar-refractivity contribution is 0.409. The van der Waals surface area contributed by atoms with E-state index < -0.39 is 0 Å². The van der Waals surface area contributed by atoms with Gasteiger partial charge in [-0.1, -0.05) is 6.07 Å². The minimum atomic E-state index is -0.0651. The normalized spacial score (nSPS) is 11.8. The van der Waals surface area contributed by atoms with E-state index in [9.17, 15) is 4.79 Å². The van der Waals surface area contributed by atoms with Crippen molar-refractivity contribution in [3.05, 3.63) is 64.3 Å². The predicted octanol–water partition coefficient (Wildman–Crippen LogP) is 4.81. The smallest absolute Gasteiger partial charge is 0.268 e. The number of hydrogen-bond acceptors (Lipinski definition) is 8. The molecule has 0 spiro atoms. The van der Waals surface area contributed by atoms with E-state index in [2.05, 4.69) is 41.3 Å². The number of aryl methyl sites for hydroxylation is 1. The minimum Gasteiger partial charge on any atom is -0.496 e. The monoisotopic (exact) mass is 488 g/mol. The van der Waals surface area contributed by atoms with Crippen molar-refractivity contribution in [1.82, 2.24) is 30.0 Å². The number of rotatable bonds is 7. The van der Waals surface area contributed by atoms with Crippen LogP contribution < -0.4 is 15.6 Å². The molecule has 188 valence electrons. The highest BCUT2D eigenvalue weighted by molar-refractivity contribution is 5.66. The number of nitrogens with zero attached hydrogens (tertiary/aromatic N) is 5. The molecule has 36 heavy (non-hydrogen) atoms. The van der Waals surface area contributed by atoms with Crippen LogP contribution in [0.15, 0.2) is 51.9 Å². The van der Waals surface area contributed by atoms with Crippen LogP contribution >= 0.6 is 0 Å². The van der Waals surface area contributed by atoms with E-state index in [4.69, 9.17) is 14.1 Å². The van der Waals surface area contributed by atoms with Gasteiger partial charge in [0.1, 0.15) is 11.4 Å². The first-order chi connectivity index (χ1) is 17.1. The lowest BCUT2D eigenvalue weighted by Gasteiger charge is -2.20. The summed E-state index contributed by atoms with van der Waals surface area (Å²) in [4.78, 5) is 21.4. The summed E-state index contributed by atoms with van der Waals surface area (Å²) in [5, 5.41) is 12.0. The number of nitrogens with one attached hydrogen (secondary N) is 1. The molecular formula is C27H32N6O3. The van der Waals surface area contributed by atoms with Gasteiger partial charge in [-0.2, -0.15) is 0 Å². The second-order valence-corrected chi connectivity index (χ2v) is 10.00.